The van der Waals surface area contributed by atoms with Crippen LogP contribution in [-0.4, -0.2) is 59.7 Å². The molecule has 0 aliphatic carbocycles. The summed E-state index contributed by atoms with van der Waals surface area (Å²) in [6.45, 7) is 6.83. The Morgan fingerprint density at radius 3 is 1.91 bits per heavy atom. The second kappa shape index (κ2) is 11.7. The van der Waals surface area contributed by atoms with E-state index in [1.165, 1.54) is 21.3 Å². The molecular formula is C26H34O9. The van der Waals surface area contributed by atoms with Crippen molar-refractivity contribution in [1.29, 1.82) is 0 Å². The zero-order valence-electron chi connectivity index (χ0n) is 21.8. The highest BCUT2D eigenvalue weighted by atomic mass is 16.6. The summed E-state index contributed by atoms with van der Waals surface area (Å²) in [5, 5.41) is 0. The average Bonchev–Trinajstić information content (AvgIpc) is 2.81. The Balaban J connectivity index is 2.48. The van der Waals surface area contributed by atoms with Gasteiger partial charge in [0.1, 0.15) is 16.9 Å². The van der Waals surface area contributed by atoms with Crippen LogP contribution in [0.1, 0.15) is 47.8 Å². The van der Waals surface area contributed by atoms with Gasteiger partial charge in [0.25, 0.3) is 0 Å². The number of hydrogen-bond acceptors (Lipinski definition) is 9. The quantitative estimate of drug-likeness (QED) is 0.455. The van der Waals surface area contributed by atoms with Crippen molar-refractivity contribution in [3.05, 3.63) is 40.5 Å². The van der Waals surface area contributed by atoms with Gasteiger partial charge in [0.05, 0.1) is 35.5 Å². The lowest BCUT2D eigenvalue weighted by atomic mass is 9.96. The third-order valence-corrected chi connectivity index (χ3v) is 5.10. The van der Waals surface area contributed by atoms with Crippen molar-refractivity contribution >= 4 is 11.9 Å². The molecule has 9 heteroatoms. The van der Waals surface area contributed by atoms with Gasteiger partial charge in [0.2, 0.25) is 11.5 Å². The highest BCUT2D eigenvalue weighted by molar-refractivity contribution is 5.93. The maximum Gasteiger partial charge on any atom is 0.344 e. The van der Waals surface area contributed by atoms with Gasteiger partial charge in [-0.05, 0) is 45.4 Å². The fraction of sp³-hybridized carbons (Fsp3) is 0.462. The molecule has 35 heavy (non-hydrogen) atoms. The molecule has 0 saturated heterocycles. The summed E-state index contributed by atoms with van der Waals surface area (Å²) in [6, 6.07) is 5.06. The van der Waals surface area contributed by atoms with Crippen LogP contribution in [0.2, 0.25) is 0 Å². The Labute approximate surface area is 206 Å². The lowest BCUT2D eigenvalue weighted by Gasteiger charge is -2.22. The molecule has 0 heterocycles. The minimum absolute atomic E-state index is 0.178. The van der Waals surface area contributed by atoms with E-state index in [2.05, 4.69) is 0 Å². The molecule has 2 aromatic carbocycles. The molecule has 0 aliphatic heterocycles. The zero-order valence-corrected chi connectivity index (χ0v) is 21.8. The van der Waals surface area contributed by atoms with E-state index in [1.807, 2.05) is 6.92 Å². The Kier molecular flexibility index (Phi) is 9.22. The Hall–Kier alpha value is -3.62. The maximum absolute atomic E-state index is 12.5. The van der Waals surface area contributed by atoms with Crippen LogP contribution in [0.5, 0.6) is 28.7 Å². The molecule has 0 radical (unpaired) electrons. The second-order valence-corrected chi connectivity index (χ2v) is 8.61. The van der Waals surface area contributed by atoms with Crippen LogP contribution in [0.25, 0.3) is 0 Å². The highest BCUT2D eigenvalue weighted by Crippen LogP contribution is 2.49. The number of benzene rings is 2. The first kappa shape index (κ1) is 27.6. The first-order valence-electron chi connectivity index (χ1n) is 10.9. The van der Waals surface area contributed by atoms with E-state index in [1.54, 1.807) is 53.2 Å². The monoisotopic (exact) mass is 490 g/mol. The van der Waals surface area contributed by atoms with E-state index in [0.717, 1.165) is 16.7 Å². The van der Waals surface area contributed by atoms with Gasteiger partial charge in [-0.25, -0.2) is 9.59 Å². The molecular weight excluding hydrogens is 456 g/mol. The predicted octanol–water partition coefficient (Wildman–Crippen LogP) is 4.13. The molecule has 0 aliphatic rings. The van der Waals surface area contributed by atoms with Crippen molar-refractivity contribution in [1.82, 2.24) is 0 Å². The Bertz CT molecular complexity index is 1070. The Morgan fingerprint density at radius 1 is 0.829 bits per heavy atom. The zero-order chi connectivity index (χ0) is 26.3. The smallest absolute Gasteiger partial charge is 0.344 e. The van der Waals surface area contributed by atoms with E-state index in [9.17, 15) is 9.59 Å². The minimum Gasteiger partial charge on any atom is -0.492 e. The lowest BCUT2D eigenvalue weighted by molar-refractivity contribution is -0.157. The first-order chi connectivity index (χ1) is 16.5. The van der Waals surface area contributed by atoms with E-state index in [4.69, 9.17) is 33.2 Å². The average molecular weight is 491 g/mol. The van der Waals surface area contributed by atoms with Gasteiger partial charge in [-0.3, -0.25) is 0 Å². The summed E-state index contributed by atoms with van der Waals surface area (Å²) in [4.78, 5) is 24.5. The number of hydrogen-bond donors (Lipinski definition) is 0. The van der Waals surface area contributed by atoms with E-state index >= 15 is 0 Å². The maximum atomic E-state index is 12.5. The van der Waals surface area contributed by atoms with E-state index in [-0.39, 0.29) is 17.9 Å². The molecule has 2 aromatic rings. The molecule has 0 bridgehead atoms. The molecule has 0 N–H and O–H groups in total. The third-order valence-electron chi connectivity index (χ3n) is 5.10. The van der Waals surface area contributed by atoms with Crippen LogP contribution in [0.4, 0.5) is 0 Å². The third kappa shape index (κ3) is 6.49. The molecule has 9 nitrogen and oxygen atoms in total. The fourth-order valence-electron chi connectivity index (χ4n) is 3.66. The van der Waals surface area contributed by atoms with Gasteiger partial charge >= 0.3 is 11.9 Å². The van der Waals surface area contributed by atoms with Gasteiger partial charge in [0.15, 0.2) is 18.1 Å². The summed E-state index contributed by atoms with van der Waals surface area (Å²) >= 11 is 0. The summed E-state index contributed by atoms with van der Waals surface area (Å²) in [5.41, 5.74) is 1.89. The molecule has 2 rings (SSSR count). The molecule has 0 amide bonds. The largest absolute Gasteiger partial charge is 0.492 e. The van der Waals surface area contributed by atoms with Crippen LogP contribution in [0.3, 0.4) is 0 Å². The van der Waals surface area contributed by atoms with Gasteiger partial charge in [-0.1, -0.05) is 6.07 Å². The number of methoxy groups -OCH3 is 5. The molecule has 0 unspecified atom stereocenters. The number of ether oxygens (including phenoxy) is 7. The second-order valence-electron chi connectivity index (χ2n) is 8.61. The van der Waals surface area contributed by atoms with Crippen molar-refractivity contribution in [3.8, 4) is 28.7 Å². The highest BCUT2D eigenvalue weighted by Gasteiger charge is 2.26. The summed E-state index contributed by atoms with van der Waals surface area (Å²) < 4.78 is 38.1. The topological polar surface area (TPSA) is 98.8 Å². The summed E-state index contributed by atoms with van der Waals surface area (Å²) in [7, 11) is 7.41. The number of carbonyl (C=O) groups is 2. The summed E-state index contributed by atoms with van der Waals surface area (Å²) in [6.07, 6.45) is 0.377. The molecule has 0 fully saturated rings. The van der Waals surface area contributed by atoms with Crippen LogP contribution < -0.4 is 23.7 Å². The predicted molar refractivity (Wildman–Crippen MR) is 129 cm³/mol. The van der Waals surface area contributed by atoms with E-state index in [0.29, 0.717) is 29.4 Å². The van der Waals surface area contributed by atoms with Gasteiger partial charge in [0, 0.05) is 17.5 Å². The van der Waals surface area contributed by atoms with Crippen LogP contribution in [-0.2, 0) is 20.7 Å². The normalized spacial score (nSPS) is 10.9. The standard InChI is InChI=1S/C26H34O9/c1-15-17(22(30-6)24(32-8)23(31-7)21(15)29-5)12-16-10-11-19(18(13-16)25(28)33-9)34-14-20(27)35-26(2,3)4/h10-11,13H,12,14H2,1-9H3. The van der Waals surface area contributed by atoms with Crippen molar-refractivity contribution < 1.29 is 42.7 Å². The molecule has 0 atom stereocenters. The van der Waals surface area contributed by atoms with Crippen LogP contribution in [0, 0.1) is 6.92 Å². The molecule has 0 aromatic heterocycles. The summed E-state index contributed by atoms with van der Waals surface area (Å²) in [5.74, 6) is 0.903. The van der Waals surface area contributed by atoms with E-state index < -0.39 is 17.5 Å². The Morgan fingerprint density at radius 2 is 1.40 bits per heavy atom. The number of carbonyl (C=O) groups excluding carboxylic acids is 2. The van der Waals surface area contributed by atoms with Gasteiger partial charge in [-0.15, -0.1) is 0 Å². The van der Waals surface area contributed by atoms with Crippen molar-refractivity contribution in [2.45, 2.75) is 39.7 Å². The molecule has 192 valence electrons. The molecule has 0 saturated carbocycles. The van der Waals surface area contributed by atoms with Crippen LogP contribution in [0.15, 0.2) is 18.2 Å². The van der Waals surface area contributed by atoms with Crippen molar-refractivity contribution in [3.63, 3.8) is 0 Å². The van der Waals surface area contributed by atoms with Gasteiger partial charge < -0.3 is 33.2 Å². The SMILES string of the molecule is COC(=O)c1cc(Cc2c(C)c(OC)c(OC)c(OC)c2OC)ccc1OCC(=O)OC(C)(C)C. The molecule has 0 spiro atoms. The minimum atomic E-state index is -0.646. The van der Waals surface area contributed by atoms with Crippen molar-refractivity contribution in [2.24, 2.45) is 0 Å². The number of esters is 2. The van der Waals surface area contributed by atoms with Gasteiger partial charge in [-0.2, -0.15) is 0 Å². The van der Waals surface area contributed by atoms with Crippen LogP contribution >= 0.6 is 0 Å². The number of rotatable bonds is 10. The fourth-order valence-corrected chi connectivity index (χ4v) is 3.66. The lowest BCUT2D eigenvalue weighted by Crippen LogP contribution is -2.27. The first-order valence-corrected chi connectivity index (χ1v) is 10.9. The van der Waals surface area contributed by atoms with Crippen molar-refractivity contribution in [2.75, 3.05) is 42.2 Å².